The zero-order chi connectivity index (χ0) is 13.0. The van der Waals surface area contributed by atoms with Crippen LogP contribution < -0.4 is 10.4 Å². The molecule has 0 aliphatic carbocycles. The number of rotatable bonds is 5. The lowest BCUT2D eigenvalue weighted by Crippen LogP contribution is -2.24. The summed E-state index contributed by atoms with van der Waals surface area (Å²) in [6.45, 7) is 0.620. The lowest BCUT2D eigenvalue weighted by Gasteiger charge is -2.02. The topological polar surface area (TPSA) is 65.0 Å². The van der Waals surface area contributed by atoms with E-state index in [2.05, 4.69) is 10.3 Å². The van der Waals surface area contributed by atoms with Gasteiger partial charge in [-0.2, -0.15) is 0 Å². The van der Waals surface area contributed by atoms with E-state index in [1.807, 2.05) is 24.3 Å². The minimum absolute atomic E-state index is 0.154. The number of benzene rings is 1. The SMILES string of the molecule is O=C([O-])Cc1csc(NCc2ccc(Cl)cc2)n1. The zero-order valence-electron chi connectivity index (χ0n) is 9.35. The van der Waals surface area contributed by atoms with Gasteiger partial charge in [0, 0.05) is 29.3 Å². The molecule has 0 bridgehead atoms. The lowest BCUT2D eigenvalue weighted by molar-refractivity contribution is -0.304. The highest BCUT2D eigenvalue weighted by molar-refractivity contribution is 7.13. The van der Waals surface area contributed by atoms with Gasteiger partial charge in [-0.3, -0.25) is 0 Å². The number of carbonyl (C=O) groups is 1. The molecule has 0 fully saturated rings. The molecule has 94 valence electrons. The van der Waals surface area contributed by atoms with Crippen molar-refractivity contribution in [3.8, 4) is 0 Å². The highest BCUT2D eigenvalue weighted by Gasteiger charge is 2.02. The van der Waals surface area contributed by atoms with Crippen molar-refractivity contribution in [2.45, 2.75) is 13.0 Å². The van der Waals surface area contributed by atoms with Gasteiger partial charge in [-0.1, -0.05) is 23.7 Å². The first-order valence-electron chi connectivity index (χ1n) is 5.26. The Morgan fingerprint density at radius 3 is 2.78 bits per heavy atom. The minimum Gasteiger partial charge on any atom is -0.550 e. The maximum Gasteiger partial charge on any atom is 0.183 e. The van der Waals surface area contributed by atoms with Gasteiger partial charge < -0.3 is 15.2 Å². The number of nitrogens with zero attached hydrogens (tertiary/aromatic N) is 1. The van der Waals surface area contributed by atoms with Crippen LogP contribution >= 0.6 is 22.9 Å². The molecule has 0 spiro atoms. The molecular weight excluding hydrogens is 272 g/mol. The van der Waals surface area contributed by atoms with Crippen molar-refractivity contribution in [3.63, 3.8) is 0 Å². The number of hydrogen-bond acceptors (Lipinski definition) is 5. The smallest absolute Gasteiger partial charge is 0.183 e. The molecule has 6 heteroatoms. The number of carboxylic acids is 1. The van der Waals surface area contributed by atoms with Crippen LogP contribution in [-0.4, -0.2) is 11.0 Å². The molecule has 4 nitrogen and oxygen atoms in total. The summed E-state index contributed by atoms with van der Waals surface area (Å²) >= 11 is 7.16. The quantitative estimate of drug-likeness (QED) is 0.906. The van der Waals surface area contributed by atoms with Crippen molar-refractivity contribution in [1.82, 2.24) is 4.98 Å². The summed E-state index contributed by atoms with van der Waals surface area (Å²) in [4.78, 5) is 14.6. The van der Waals surface area contributed by atoms with Gasteiger partial charge in [-0.15, -0.1) is 11.3 Å². The van der Waals surface area contributed by atoms with Crippen LogP contribution in [0.3, 0.4) is 0 Å². The number of halogens is 1. The number of thiazole rings is 1. The van der Waals surface area contributed by atoms with Crippen LogP contribution in [0.15, 0.2) is 29.6 Å². The average molecular weight is 282 g/mol. The lowest BCUT2D eigenvalue weighted by atomic mass is 10.2. The summed E-state index contributed by atoms with van der Waals surface area (Å²) < 4.78 is 0. The first kappa shape index (κ1) is 12.9. The standard InChI is InChI=1S/C12H11ClN2O2S/c13-9-3-1-8(2-4-9)6-14-12-15-10(7-18-12)5-11(16)17/h1-4,7H,5-6H2,(H,14,15)(H,16,17)/p-1. The van der Waals surface area contributed by atoms with E-state index in [0.717, 1.165) is 5.56 Å². The molecule has 18 heavy (non-hydrogen) atoms. The van der Waals surface area contributed by atoms with E-state index in [-0.39, 0.29) is 6.42 Å². The second kappa shape index (κ2) is 5.84. The van der Waals surface area contributed by atoms with E-state index < -0.39 is 5.97 Å². The number of hydrogen-bond donors (Lipinski definition) is 1. The maximum atomic E-state index is 10.4. The van der Waals surface area contributed by atoms with Gasteiger partial charge in [0.1, 0.15) is 0 Å². The van der Waals surface area contributed by atoms with Gasteiger partial charge >= 0.3 is 0 Å². The monoisotopic (exact) mass is 281 g/mol. The molecule has 0 aliphatic rings. The van der Waals surface area contributed by atoms with Gasteiger partial charge in [0.25, 0.3) is 0 Å². The van der Waals surface area contributed by atoms with Crippen LogP contribution in [0.2, 0.25) is 5.02 Å². The molecule has 0 saturated heterocycles. The molecule has 1 aromatic heterocycles. The van der Waals surface area contributed by atoms with E-state index in [4.69, 9.17) is 11.6 Å². The largest absolute Gasteiger partial charge is 0.550 e. The zero-order valence-corrected chi connectivity index (χ0v) is 10.9. The first-order valence-corrected chi connectivity index (χ1v) is 6.52. The molecule has 1 aromatic carbocycles. The van der Waals surface area contributed by atoms with E-state index >= 15 is 0 Å². The third kappa shape index (κ3) is 3.72. The minimum atomic E-state index is -1.12. The van der Waals surface area contributed by atoms with Crippen LogP contribution in [0, 0.1) is 0 Å². The Morgan fingerprint density at radius 2 is 2.11 bits per heavy atom. The Labute approximate surface area is 113 Å². The molecule has 1 heterocycles. The second-order valence-corrected chi connectivity index (χ2v) is 4.97. The highest BCUT2D eigenvalue weighted by atomic mass is 35.5. The van der Waals surface area contributed by atoms with Gasteiger partial charge in [0.15, 0.2) is 5.13 Å². The third-order valence-electron chi connectivity index (χ3n) is 2.23. The van der Waals surface area contributed by atoms with E-state index in [9.17, 15) is 9.90 Å². The molecule has 0 aliphatic heterocycles. The van der Waals surface area contributed by atoms with E-state index in [0.29, 0.717) is 22.4 Å². The van der Waals surface area contributed by atoms with Crippen LogP contribution in [0.5, 0.6) is 0 Å². The van der Waals surface area contributed by atoms with Crippen molar-refractivity contribution in [2.75, 3.05) is 5.32 Å². The molecule has 2 aromatic rings. The molecule has 0 saturated carbocycles. The molecule has 0 amide bonds. The van der Waals surface area contributed by atoms with E-state index in [1.165, 1.54) is 11.3 Å². The van der Waals surface area contributed by atoms with Crippen LogP contribution in [0.4, 0.5) is 5.13 Å². The number of carboxylic acid groups (broad SMARTS) is 1. The average Bonchev–Trinajstić information content (AvgIpc) is 2.75. The summed E-state index contributed by atoms with van der Waals surface area (Å²) in [6.07, 6.45) is -0.154. The van der Waals surface area contributed by atoms with Crippen LogP contribution in [0.1, 0.15) is 11.3 Å². The Morgan fingerprint density at radius 1 is 1.39 bits per heavy atom. The molecule has 1 N–H and O–H groups in total. The van der Waals surface area contributed by atoms with Gasteiger partial charge in [0.05, 0.1) is 5.69 Å². The fourth-order valence-electron chi connectivity index (χ4n) is 1.40. The predicted octanol–water partition coefficient (Wildman–Crippen LogP) is 1.70. The Kier molecular flexibility index (Phi) is 4.17. The van der Waals surface area contributed by atoms with Gasteiger partial charge in [0.2, 0.25) is 0 Å². The summed E-state index contributed by atoms with van der Waals surface area (Å²) in [5.74, 6) is -1.12. The molecule has 0 unspecified atom stereocenters. The van der Waals surface area contributed by atoms with Crippen molar-refractivity contribution in [2.24, 2.45) is 0 Å². The van der Waals surface area contributed by atoms with Crippen LogP contribution in [0.25, 0.3) is 0 Å². The van der Waals surface area contributed by atoms with E-state index in [1.54, 1.807) is 5.38 Å². The third-order valence-corrected chi connectivity index (χ3v) is 3.33. The van der Waals surface area contributed by atoms with Crippen molar-refractivity contribution >= 4 is 34.0 Å². The maximum absolute atomic E-state index is 10.4. The van der Waals surface area contributed by atoms with Crippen molar-refractivity contribution in [3.05, 3.63) is 45.9 Å². The molecule has 0 atom stereocenters. The van der Waals surface area contributed by atoms with Crippen molar-refractivity contribution < 1.29 is 9.90 Å². The number of nitrogens with one attached hydrogen (secondary N) is 1. The number of anilines is 1. The summed E-state index contributed by atoms with van der Waals surface area (Å²) in [5.41, 5.74) is 1.59. The Balaban J connectivity index is 1.92. The van der Waals surface area contributed by atoms with Gasteiger partial charge in [-0.25, -0.2) is 4.98 Å². The fourth-order valence-corrected chi connectivity index (χ4v) is 2.23. The normalized spacial score (nSPS) is 10.3. The number of carbonyl (C=O) groups excluding carboxylic acids is 1. The molecule has 0 radical (unpaired) electrons. The first-order chi connectivity index (χ1) is 8.63. The Hall–Kier alpha value is -1.59. The number of aromatic nitrogens is 1. The fraction of sp³-hybridized carbons (Fsp3) is 0.167. The second-order valence-electron chi connectivity index (χ2n) is 3.67. The Bertz CT molecular complexity index is 539. The molecule has 2 rings (SSSR count). The van der Waals surface area contributed by atoms with Crippen LogP contribution in [-0.2, 0) is 17.8 Å². The summed E-state index contributed by atoms with van der Waals surface area (Å²) in [7, 11) is 0. The summed E-state index contributed by atoms with van der Waals surface area (Å²) in [6, 6.07) is 7.49. The summed E-state index contributed by atoms with van der Waals surface area (Å²) in [5, 5.41) is 16.6. The van der Waals surface area contributed by atoms with Gasteiger partial charge in [-0.05, 0) is 17.7 Å². The van der Waals surface area contributed by atoms with Crippen molar-refractivity contribution in [1.29, 1.82) is 0 Å². The number of aliphatic carboxylic acids is 1. The predicted molar refractivity (Wildman–Crippen MR) is 69.6 cm³/mol. The highest BCUT2D eigenvalue weighted by Crippen LogP contribution is 2.17. The molecular formula is C12H10ClN2O2S-.